The molecule has 0 aliphatic carbocycles. The quantitative estimate of drug-likeness (QED) is 0.0428. The molecule has 0 heterocycles. The van der Waals surface area contributed by atoms with Gasteiger partial charge in [-0.15, -0.1) is 0 Å². The molecule has 0 radical (unpaired) electrons. The van der Waals surface area contributed by atoms with Gasteiger partial charge in [-0.3, -0.25) is 0 Å². The molecule has 2 nitrogen and oxygen atoms in total. The standard InChI is InChI=1S/C54H80N2/c1-5-7-27-53(51-39-37-49(55)41-43(51)3)47-33-29-45(30-34-47)25-23-21-19-17-15-13-11-9-10-12-14-16-18-20-22-24-26-46-31-35-48(36-32-46)54(28-8-6-2)52-40-38-50(56)42-44(52)4/h29-42,53-54H,5-28,55-56H2,1-4H3. The Bertz CT molecular complexity index is 1490. The normalized spacial score (nSPS) is 12.6. The molecule has 0 spiro atoms. The van der Waals surface area contributed by atoms with Gasteiger partial charge in [0.1, 0.15) is 0 Å². The molecule has 4 rings (SSSR count). The predicted molar refractivity (Wildman–Crippen MR) is 248 cm³/mol. The minimum atomic E-state index is 0.465. The molecule has 0 bridgehead atoms. The lowest BCUT2D eigenvalue weighted by Crippen LogP contribution is -2.04. The van der Waals surface area contributed by atoms with E-state index in [0.717, 1.165) is 11.4 Å². The van der Waals surface area contributed by atoms with Crippen LogP contribution in [0.25, 0.3) is 0 Å². The fourth-order valence-corrected chi connectivity index (χ4v) is 8.97. The molecule has 0 aliphatic rings. The number of benzene rings is 4. The molecule has 4 aromatic rings. The average molecular weight is 757 g/mol. The largest absolute Gasteiger partial charge is 0.399 e. The van der Waals surface area contributed by atoms with Crippen molar-refractivity contribution in [3.8, 4) is 0 Å². The van der Waals surface area contributed by atoms with Gasteiger partial charge in [-0.05, 0) is 121 Å². The maximum absolute atomic E-state index is 6.06. The number of nitrogens with two attached hydrogens (primary N) is 2. The second kappa shape index (κ2) is 26.4. The van der Waals surface area contributed by atoms with Crippen LogP contribution in [0.5, 0.6) is 0 Å². The van der Waals surface area contributed by atoms with Gasteiger partial charge >= 0.3 is 0 Å². The molecule has 306 valence electrons. The zero-order valence-corrected chi connectivity index (χ0v) is 36.4. The number of hydrogen-bond donors (Lipinski definition) is 2. The second-order valence-electron chi connectivity index (χ2n) is 17.3. The van der Waals surface area contributed by atoms with Crippen LogP contribution in [0.3, 0.4) is 0 Å². The van der Waals surface area contributed by atoms with Gasteiger partial charge < -0.3 is 11.5 Å². The van der Waals surface area contributed by atoms with E-state index in [4.69, 9.17) is 11.5 Å². The van der Waals surface area contributed by atoms with Gasteiger partial charge in [0, 0.05) is 23.2 Å². The van der Waals surface area contributed by atoms with E-state index in [2.05, 4.69) is 113 Å². The number of anilines is 2. The summed E-state index contributed by atoms with van der Waals surface area (Å²) >= 11 is 0. The topological polar surface area (TPSA) is 52.0 Å². The minimum Gasteiger partial charge on any atom is -0.399 e. The molecule has 2 atom stereocenters. The van der Waals surface area contributed by atoms with Gasteiger partial charge in [-0.1, -0.05) is 190 Å². The number of unbranched alkanes of at least 4 members (excludes halogenated alkanes) is 17. The highest BCUT2D eigenvalue weighted by molar-refractivity contribution is 5.49. The molecule has 0 aliphatic heterocycles. The molecule has 0 fully saturated rings. The molecule has 0 aromatic heterocycles. The average Bonchev–Trinajstić information content (AvgIpc) is 3.20. The summed E-state index contributed by atoms with van der Waals surface area (Å²) < 4.78 is 0. The lowest BCUT2D eigenvalue weighted by Gasteiger charge is -2.21. The van der Waals surface area contributed by atoms with Crippen molar-refractivity contribution in [2.75, 3.05) is 11.5 Å². The van der Waals surface area contributed by atoms with Crippen molar-refractivity contribution in [2.45, 2.75) is 194 Å². The Balaban J connectivity index is 0.958. The summed E-state index contributed by atoms with van der Waals surface area (Å²) in [5.41, 5.74) is 25.2. The Morgan fingerprint density at radius 2 is 0.679 bits per heavy atom. The highest BCUT2D eigenvalue weighted by atomic mass is 14.5. The van der Waals surface area contributed by atoms with Crippen molar-refractivity contribution in [3.63, 3.8) is 0 Å². The van der Waals surface area contributed by atoms with Crippen molar-refractivity contribution < 1.29 is 0 Å². The van der Waals surface area contributed by atoms with E-state index < -0.39 is 0 Å². The van der Waals surface area contributed by atoms with E-state index in [-0.39, 0.29) is 0 Å². The maximum Gasteiger partial charge on any atom is 0.0316 e. The van der Waals surface area contributed by atoms with E-state index in [0.29, 0.717) is 11.8 Å². The third-order valence-electron chi connectivity index (χ3n) is 12.5. The van der Waals surface area contributed by atoms with Gasteiger partial charge in [0.2, 0.25) is 0 Å². The first-order chi connectivity index (χ1) is 27.4. The van der Waals surface area contributed by atoms with Crippen LogP contribution in [-0.4, -0.2) is 0 Å². The molecule has 4 N–H and O–H groups in total. The van der Waals surface area contributed by atoms with E-state index in [1.165, 1.54) is 199 Å². The monoisotopic (exact) mass is 757 g/mol. The SMILES string of the molecule is CCCCC(c1ccc(CCCCCCCCCCCCCCCCCCc2ccc(C(CCCC)c3ccc(N)cc3C)cc2)cc1)c1ccc(N)cc1C. The number of aryl methyl sites for hydroxylation is 4. The molecule has 0 amide bonds. The van der Waals surface area contributed by atoms with Crippen molar-refractivity contribution in [3.05, 3.63) is 129 Å². The fraction of sp³-hybridized carbons (Fsp3) is 0.556. The predicted octanol–water partition coefficient (Wildman–Crippen LogP) is 16.1. The lowest BCUT2D eigenvalue weighted by atomic mass is 9.84. The first kappa shape index (κ1) is 45.2. The van der Waals surface area contributed by atoms with Crippen molar-refractivity contribution in [1.82, 2.24) is 0 Å². The van der Waals surface area contributed by atoms with Crippen LogP contribution in [0.4, 0.5) is 11.4 Å². The first-order valence-electron chi connectivity index (χ1n) is 23.3. The molecular weight excluding hydrogens is 677 g/mol. The van der Waals surface area contributed by atoms with E-state index in [9.17, 15) is 0 Å². The van der Waals surface area contributed by atoms with Crippen LogP contribution in [0.15, 0.2) is 84.9 Å². The Hall–Kier alpha value is -3.52. The van der Waals surface area contributed by atoms with Crippen LogP contribution >= 0.6 is 0 Å². The van der Waals surface area contributed by atoms with Crippen LogP contribution in [0.1, 0.15) is 211 Å². The molecule has 0 saturated carbocycles. The van der Waals surface area contributed by atoms with Crippen LogP contribution < -0.4 is 11.5 Å². The van der Waals surface area contributed by atoms with Gasteiger partial charge in [0.25, 0.3) is 0 Å². The van der Waals surface area contributed by atoms with Crippen molar-refractivity contribution in [2.24, 2.45) is 0 Å². The van der Waals surface area contributed by atoms with E-state index >= 15 is 0 Å². The molecule has 56 heavy (non-hydrogen) atoms. The molecule has 4 aromatic carbocycles. The first-order valence-corrected chi connectivity index (χ1v) is 23.3. The highest BCUT2D eigenvalue weighted by Crippen LogP contribution is 2.34. The highest BCUT2D eigenvalue weighted by Gasteiger charge is 2.17. The smallest absolute Gasteiger partial charge is 0.0316 e. The van der Waals surface area contributed by atoms with Crippen molar-refractivity contribution >= 4 is 11.4 Å². The minimum absolute atomic E-state index is 0.465. The second-order valence-corrected chi connectivity index (χ2v) is 17.3. The zero-order valence-electron chi connectivity index (χ0n) is 36.4. The number of rotatable bonds is 29. The maximum atomic E-state index is 6.06. The molecule has 2 unspecified atom stereocenters. The number of nitrogen functional groups attached to an aromatic ring is 2. The molecular formula is C54H80N2. The fourth-order valence-electron chi connectivity index (χ4n) is 8.97. The summed E-state index contributed by atoms with van der Waals surface area (Å²) in [6.07, 6.45) is 32.2. The summed E-state index contributed by atoms with van der Waals surface area (Å²) in [6, 6.07) is 32.0. The van der Waals surface area contributed by atoms with E-state index in [1.54, 1.807) is 0 Å². The Labute approximate surface area is 344 Å². The third kappa shape index (κ3) is 16.1. The Kier molecular flexibility index (Phi) is 21.3. The van der Waals surface area contributed by atoms with Crippen LogP contribution in [0, 0.1) is 13.8 Å². The summed E-state index contributed by atoms with van der Waals surface area (Å²) in [6.45, 7) is 8.99. The number of hydrogen-bond acceptors (Lipinski definition) is 2. The van der Waals surface area contributed by atoms with Gasteiger partial charge in [-0.2, -0.15) is 0 Å². The van der Waals surface area contributed by atoms with Gasteiger partial charge in [0.15, 0.2) is 0 Å². The molecule has 0 saturated heterocycles. The lowest BCUT2D eigenvalue weighted by molar-refractivity contribution is 0.528. The van der Waals surface area contributed by atoms with E-state index in [1.807, 2.05) is 0 Å². The van der Waals surface area contributed by atoms with Gasteiger partial charge in [-0.25, -0.2) is 0 Å². The molecule has 2 heteroatoms. The third-order valence-corrected chi connectivity index (χ3v) is 12.5. The Morgan fingerprint density at radius 3 is 0.964 bits per heavy atom. The summed E-state index contributed by atoms with van der Waals surface area (Å²) in [5, 5.41) is 0. The summed E-state index contributed by atoms with van der Waals surface area (Å²) in [5.74, 6) is 0.930. The summed E-state index contributed by atoms with van der Waals surface area (Å²) in [7, 11) is 0. The summed E-state index contributed by atoms with van der Waals surface area (Å²) in [4.78, 5) is 0. The van der Waals surface area contributed by atoms with Gasteiger partial charge in [0.05, 0.1) is 0 Å². The zero-order chi connectivity index (χ0) is 39.8. The van der Waals surface area contributed by atoms with Crippen LogP contribution in [0.2, 0.25) is 0 Å². The van der Waals surface area contributed by atoms with Crippen LogP contribution in [-0.2, 0) is 12.8 Å². The Morgan fingerprint density at radius 1 is 0.375 bits per heavy atom. The van der Waals surface area contributed by atoms with Crippen molar-refractivity contribution in [1.29, 1.82) is 0 Å².